The van der Waals surface area contributed by atoms with E-state index in [1.807, 2.05) is 17.0 Å². The third-order valence-corrected chi connectivity index (χ3v) is 4.14. The van der Waals surface area contributed by atoms with Gasteiger partial charge in [0.25, 0.3) is 5.91 Å². The highest BCUT2D eigenvalue weighted by atomic mass is 16.5. The Labute approximate surface area is 131 Å². The lowest BCUT2D eigenvalue weighted by Gasteiger charge is -2.36. The summed E-state index contributed by atoms with van der Waals surface area (Å²) in [7, 11) is 0. The van der Waals surface area contributed by atoms with Crippen LogP contribution in [0.25, 0.3) is 0 Å². The lowest BCUT2D eigenvalue weighted by atomic mass is 10.2. The number of aromatic nitrogens is 1. The van der Waals surface area contributed by atoms with Gasteiger partial charge in [0, 0.05) is 45.5 Å². The van der Waals surface area contributed by atoms with Crippen LogP contribution in [-0.4, -0.2) is 67.3 Å². The zero-order valence-corrected chi connectivity index (χ0v) is 13.3. The number of anilines is 1. The maximum atomic E-state index is 12.4. The predicted molar refractivity (Wildman–Crippen MR) is 85.2 cm³/mol. The maximum absolute atomic E-state index is 12.4. The van der Waals surface area contributed by atoms with Crippen LogP contribution in [-0.2, 0) is 4.74 Å². The van der Waals surface area contributed by atoms with Crippen LogP contribution in [0.15, 0.2) is 18.3 Å². The SMILES string of the molecule is C[C@H]1CN(c2ccc(C(=O)N3CCNCC3)cn2)C[C@H](C)O1. The van der Waals surface area contributed by atoms with Crippen molar-refractivity contribution in [3.8, 4) is 0 Å². The van der Waals surface area contributed by atoms with Gasteiger partial charge < -0.3 is 19.9 Å². The van der Waals surface area contributed by atoms with Crippen molar-refractivity contribution in [2.75, 3.05) is 44.2 Å². The Morgan fingerprint density at radius 3 is 2.50 bits per heavy atom. The maximum Gasteiger partial charge on any atom is 0.255 e. The summed E-state index contributed by atoms with van der Waals surface area (Å²) < 4.78 is 5.74. The summed E-state index contributed by atoms with van der Waals surface area (Å²) >= 11 is 0. The summed E-state index contributed by atoms with van der Waals surface area (Å²) in [6.45, 7) is 9.07. The topological polar surface area (TPSA) is 57.7 Å². The van der Waals surface area contributed by atoms with Gasteiger partial charge in [-0.05, 0) is 26.0 Å². The molecule has 3 rings (SSSR count). The van der Waals surface area contributed by atoms with Crippen LogP contribution in [0.1, 0.15) is 24.2 Å². The van der Waals surface area contributed by atoms with E-state index in [1.54, 1.807) is 6.20 Å². The van der Waals surface area contributed by atoms with Crippen LogP contribution < -0.4 is 10.2 Å². The average Bonchev–Trinajstić information content (AvgIpc) is 2.54. The monoisotopic (exact) mass is 304 g/mol. The van der Waals surface area contributed by atoms with Gasteiger partial charge in [0.2, 0.25) is 0 Å². The molecular formula is C16H24N4O2. The molecule has 3 heterocycles. The van der Waals surface area contributed by atoms with Crippen molar-refractivity contribution >= 4 is 11.7 Å². The highest BCUT2D eigenvalue weighted by Crippen LogP contribution is 2.18. The van der Waals surface area contributed by atoms with E-state index in [0.29, 0.717) is 5.56 Å². The Morgan fingerprint density at radius 1 is 1.23 bits per heavy atom. The molecule has 0 aromatic carbocycles. The van der Waals surface area contributed by atoms with E-state index in [-0.39, 0.29) is 18.1 Å². The molecule has 0 aliphatic carbocycles. The number of ether oxygens (including phenoxy) is 1. The number of amides is 1. The van der Waals surface area contributed by atoms with Crippen molar-refractivity contribution in [2.24, 2.45) is 0 Å². The van der Waals surface area contributed by atoms with Gasteiger partial charge in [-0.1, -0.05) is 0 Å². The van der Waals surface area contributed by atoms with Crippen LogP contribution >= 0.6 is 0 Å². The number of morpholine rings is 1. The lowest BCUT2D eigenvalue weighted by molar-refractivity contribution is -0.00546. The molecular weight excluding hydrogens is 280 g/mol. The van der Waals surface area contributed by atoms with Crippen molar-refractivity contribution in [1.29, 1.82) is 0 Å². The van der Waals surface area contributed by atoms with Gasteiger partial charge >= 0.3 is 0 Å². The smallest absolute Gasteiger partial charge is 0.255 e. The first kappa shape index (κ1) is 15.2. The van der Waals surface area contributed by atoms with E-state index in [9.17, 15) is 4.79 Å². The van der Waals surface area contributed by atoms with Crippen LogP contribution in [0.3, 0.4) is 0 Å². The molecule has 0 bridgehead atoms. The first-order valence-electron chi connectivity index (χ1n) is 8.00. The summed E-state index contributed by atoms with van der Waals surface area (Å²) in [5, 5.41) is 3.25. The number of piperazine rings is 1. The molecule has 0 unspecified atom stereocenters. The minimum absolute atomic E-state index is 0.0734. The van der Waals surface area contributed by atoms with E-state index in [4.69, 9.17) is 4.74 Å². The molecule has 2 aliphatic heterocycles. The summed E-state index contributed by atoms with van der Waals surface area (Å²) in [4.78, 5) is 21.0. The summed E-state index contributed by atoms with van der Waals surface area (Å²) in [6.07, 6.45) is 2.10. The minimum Gasteiger partial charge on any atom is -0.372 e. The molecule has 120 valence electrons. The van der Waals surface area contributed by atoms with Gasteiger partial charge in [-0.15, -0.1) is 0 Å². The van der Waals surface area contributed by atoms with Gasteiger partial charge in [-0.25, -0.2) is 4.98 Å². The number of nitrogens with one attached hydrogen (secondary N) is 1. The molecule has 1 N–H and O–H groups in total. The van der Waals surface area contributed by atoms with Crippen LogP contribution in [0.5, 0.6) is 0 Å². The molecule has 2 aliphatic rings. The quantitative estimate of drug-likeness (QED) is 0.873. The lowest BCUT2D eigenvalue weighted by Crippen LogP contribution is -2.46. The van der Waals surface area contributed by atoms with Crippen molar-refractivity contribution in [3.05, 3.63) is 23.9 Å². The standard InChI is InChI=1S/C16H24N4O2/c1-12-10-20(11-13(2)22-12)15-4-3-14(9-18-15)16(21)19-7-5-17-6-8-19/h3-4,9,12-13,17H,5-8,10-11H2,1-2H3/t12-,13-/m0/s1. The van der Waals surface area contributed by atoms with Crippen molar-refractivity contribution in [2.45, 2.75) is 26.1 Å². The summed E-state index contributed by atoms with van der Waals surface area (Å²) in [5.74, 6) is 0.989. The highest BCUT2D eigenvalue weighted by Gasteiger charge is 2.24. The van der Waals surface area contributed by atoms with Gasteiger partial charge in [-0.3, -0.25) is 4.79 Å². The van der Waals surface area contributed by atoms with Gasteiger partial charge in [0.15, 0.2) is 0 Å². The molecule has 0 saturated carbocycles. The van der Waals surface area contributed by atoms with Gasteiger partial charge in [-0.2, -0.15) is 0 Å². The molecule has 2 fully saturated rings. The molecule has 1 amide bonds. The number of rotatable bonds is 2. The molecule has 2 saturated heterocycles. The molecule has 0 radical (unpaired) electrons. The third kappa shape index (κ3) is 3.39. The number of hydrogen-bond donors (Lipinski definition) is 1. The van der Waals surface area contributed by atoms with Gasteiger partial charge in [0.05, 0.1) is 17.8 Å². The number of carbonyl (C=O) groups is 1. The van der Waals surface area contributed by atoms with Crippen molar-refractivity contribution < 1.29 is 9.53 Å². The molecule has 1 aromatic rings. The number of nitrogens with zero attached hydrogens (tertiary/aromatic N) is 3. The minimum atomic E-state index is 0.0734. The number of carbonyl (C=O) groups excluding carboxylic acids is 1. The van der Waals surface area contributed by atoms with Crippen LogP contribution in [0.4, 0.5) is 5.82 Å². The normalized spacial score (nSPS) is 26.1. The van der Waals surface area contributed by atoms with Crippen molar-refractivity contribution in [3.63, 3.8) is 0 Å². The molecule has 0 spiro atoms. The Balaban J connectivity index is 1.68. The largest absolute Gasteiger partial charge is 0.372 e. The first-order chi connectivity index (χ1) is 10.6. The molecule has 22 heavy (non-hydrogen) atoms. The zero-order chi connectivity index (χ0) is 15.5. The molecule has 6 heteroatoms. The second kappa shape index (κ2) is 6.62. The fourth-order valence-corrected chi connectivity index (χ4v) is 3.12. The highest BCUT2D eigenvalue weighted by molar-refractivity contribution is 5.94. The molecule has 1 aromatic heterocycles. The third-order valence-electron chi connectivity index (χ3n) is 4.14. The Kier molecular flexibility index (Phi) is 4.59. The summed E-state index contributed by atoms with van der Waals surface area (Å²) in [5.41, 5.74) is 0.667. The Hall–Kier alpha value is -1.66. The Bertz CT molecular complexity index is 503. The van der Waals surface area contributed by atoms with E-state index in [0.717, 1.165) is 45.1 Å². The van der Waals surface area contributed by atoms with Crippen molar-refractivity contribution in [1.82, 2.24) is 15.2 Å². The van der Waals surface area contributed by atoms with Crippen LogP contribution in [0.2, 0.25) is 0 Å². The second-order valence-corrected chi connectivity index (χ2v) is 6.11. The average molecular weight is 304 g/mol. The second-order valence-electron chi connectivity index (χ2n) is 6.11. The summed E-state index contributed by atoms with van der Waals surface area (Å²) in [6, 6.07) is 3.83. The van der Waals surface area contributed by atoms with E-state index >= 15 is 0 Å². The predicted octanol–water partition coefficient (Wildman–Crippen LogP) is 0.741. The van der Waals surface area contributed by atoms with E-state index in [2.05, 4.69) is 29.0 Å². The molecule has 2 atom stereocenters. The van der Waals surface area contributed by atoms with E-state index < -0.39 is 0 Å². The van der Waals surface area contributed by atoms with E-state index in [1.165, 1.54) is 0 Å². The van der Waals surface area contributed by atoms with Gasteiger partial charge in [0.1, 0.15) is 5.82 Å². The fraction of sp³-hybridized carbons (Fsp3) is 0.625. The zero-order valence-electron chi connectivity index (χ0n) is 13.3. The van der Waals surface area contributed by atoms with Crippen LogP contribution in [0, 0.1) is 0 Å². The Morgan fingerprint density at radius 2 is 1.91 bits per heavy atom. The molecule has 6 nitrogen and oxygen atoms in total. The number of hydrogen-bond acceptors (Lipinski definition) is 5. The fourth-order valence-electron chi connectivity index (χ4n) is 3.12. The number of pyridine rings is 1. The first-order valence-corrected chi connectivity index (χ1v) is 8.00.